The van der Waals surface area contributed by atoms with Gasteiger partial charge in [0, 0.05) is 16.2 Å². The first kappa shape index (κ1) is 11.5. The minimum Gasteiger partial charge on any atom is -0.397 e. The Balaban J connectivity index is 2.22. The number of hydrogen-bond donors (Lipinski definition) is 2. The lowest BCUT2D eigenvalue weighted by molar-refractivity contribution is 1.30. The lowest BCUT2D eigenvalue weighted by Crippen LogP contribution is -1.92. The number of benzene rings is 1. The number of nitrogens with zero attached hydrogens (tertiary/aromatic N) is 2. The Morgan fingerprint density at radius 3 is 3.00 bits per heavy atom. The van der Waals surface area contributed by atoms with Gasteiger partial charge in [-0.25, -0.2) is 9.97 Å². The first-order valence-corrected chi connectivity index (χ1v) is 6.38. The summed E-state index contributed by atoms with van der Waals surface area (Å²) < 4.78 is 0.893. The van der Waals surface area contributed by atoms with E-state index in [1.165, 1.54) is 0 Å². The smallest absolute Gasteiger partial charge is 0.178 e. The van der Waals surface area contributed by atoms with Crippen LogP contribution in [0.1, 0.15) is 0 Å². The van der Waals surface area contributed by atoms with E-state index in [-0.39, 0.29) is 0 Å². The molecule has 0 aliphatic carbocycles. The van der Waals surface area contributed by atoms with E-state index in [9.17, 15) is 0 Å². The molecule has 0 spiro atoms. The molecule has 0 amide bonds. The van der Waals surface area contributed by atoms with E-state index < -0.39 is 0 Å². The van der Waals surface area contributed by atoms with Crippen LogP contribution in [0.4, 0.5) is 5.69 Å². The molecule has 3 aromatic rings. The molecule has 18 heavy (non-hydrogen) atoms. The molecule has 0 radical (unpaired) electrons. The van der Waals surface area contributed by atoms with E-state index in [0.717, 1.165) is 15.6 Å². The maximum atomic E-state index is 6.00. The molecule has 0 aliphatic rings. The third kappa shape index (κ3) is 1.85. The Kier molecular flexibility index (Phi) is 2.72. The Labute approximate surface area is 116 Å². The number of fused-ring (bicyclic) bond motifs is 1. The second-order valence-electron chi connectivity index (χ2n) is 3.81. The van der Waals surface area contributed by atoms with Crippen LogP contribution >= 0.6 is 27.5 Å². The van der Waals surface area contributed by atoms with Crippen LogP contribution < -0.4 is 5.73 Å². The summed E-state index contributed by atoms with van der Waals surface area (Å²) in [7, 11) is 0. The summed E-state index contributed by atoms with van der Waals surface area (Å²) in [5, 5.41) is 0.516. The van der Waals surface area contributed by atoms with Crippen LogP contribution in [0.3, 0.4) is 0 Å². The topological polar surface area (TPSA) is 67.6 Å². The number of pyridine rings is 1. The van der Waals surface area contributed by atoms with Crippen molar-refractivity contribution < 1.29 is 0 Å². The molecular weight excluding hydrogens is 316 g/mol. The number of rotatable bonds is 1. The Hall–Kier alpha value is -1.59. The Morgan fingerprint density at radius 1 is 1.33 bits per heavy atom. The summed E-state index contributed by atoms with van der Waals surface area (Å²) in [5.74, 6) is 0.663. The van der Waals surface area contributed by atoms with Crippen molar-refractivity contribution in [2.75, 3.05) is 5.73 Å². The van der Waals surface area contributed by atoms with Crippen LogP contribution in [0.15, 0.2) is 34.9 Å². The Morgan fingerprint density at radius 2 is 2.17 bits per heavy atom. The number of hydrogen-bond acceptors (Lipinski definition) is 3. The fourth-order valence-electron chi connectivity index (χ4n) is 1.75. The zero-order chi connectivity index (χ0) is 12.7. The zero-order valence-electron chi connectivity index (χ0n) is 9.11. The maximum absolute atomic E-state index is 6.00. The molecule has 1 aromatic carbocycles. The van der Waals surface area contributed by atoms with Crippen molar-refractivity contribution >= 4 is 44.4 Å². The second-order valence-corrected chi connectivity index (χ2v) is 5.13. The first-order valence-electron chi connectivity index (χ1n) is 5.21. The molecule has 4 nitrogen and oxygen atoms in total. The van der Waals surface area contributed by atoms with E-state index >= 15 is 0 Å². The molecule has 0 bridgehead atoms. The molecule has 3 N–H and O–H groups in total. The van der Waals surface area contributed by atoms with Gasteiger partial charge in [0.15, 0.2) is 5.65 Å². The van der Waals surface area contributed by atoms with E-state index in [2.05, 4.69) is 30.9 Å². The van der Waals surface area contributed by atoms with Crippen molar-refractivity contribution in [1.29, 1.82) is 0 Å². The fourth-order valence-corrected chi connectivity index (χ4v) is 2.25. The first-order chi connectivity index (χ1) is 8.65. The minimum atomic E-state index is 0.511. The van der Waals surface area contributed by atoms with Crippen molar-refractivity contribution in [1.82, 2.24) is 15.0 Å². The largest absolute Gasteiger partial charge is 0.397 e. The lowest BCUT2D eigenvalue weighted by Gasteiger charge is -2.03. The molecule has 2 aromatic heterocycles. The number of halogens is 2. The highest BCUT2D eigenvalue weighted by atomic mass is 79.9. The van der Waals surface area contributed by atoms with Gasteiger partial charge < -0.3 is 10.7 Å². The van der Waals surface area contributed by atoms with E-state index in [0.29, 0.717) is 22.2 Å². The molecule has 0 aliphatic heterocycles. The minimum absolute atomic E-state index is 0.511. The zero-order valence-corrected chi connectivity index (χ0v) is 11.5. The van der Waals surface area contributed by atoms with Crippen LogP contribution in [0.25, 0.3) is 22.6 Å². The van der Waals surface area contributed by atoms with Gasteiger partial charge in [0.05, 0.1) is 16.2 Å². The third-order valence-electron chi connectivity index (χ3n) is 2.61. The number of para-hydroxylation sites is 1. The molecular formula is C12H8BrClN4. The van der Waals surface area contributed by atoms with Gasteiger partial charge in [0.1, 0.15) is 5.82 Å². The van der Waals surface area contributed by atoms with Gasteiger partial charge in [-0.2, -0.15) is 0 Å². The monoisotopic (exact) mass is 322 g/mol. The van der Waals surface area contributed by atoms with E-state index in [4.69, 9.17) is 17.3 Å². The molecule has 3 rings (SSSR count). The van der Waals surface area contributed by atoms with Gasteiger partial charge in [-0.05, 0) is 34.1 Å². The highest BCUT2D eigenvalue weighted by Gasteiger charge is 2.11. The molecule has 0 fully saturated rings. The van der Waals surface area contributed by atoms with Gasteiger partial charge in [-0.3, -0.25) is 0 Å². The number of aromatic nitrogens is 3. The number of nitrogens with one attached hydrogen (secondary N) is 1. The van der Waals surface area contributed by atoms with Crippen molar-refractivity contribution in [2.24, 2.45) is 0 Å². The number of nitrogens with two attached hydrogens (primary N) is 1. The fraction of sp³-hybridized carbons (Fsp3) is 0. The Bertz CT molecular complexity index is 738. The van der Waals surface area contributed by atoms with Crippen LogP contribution in [-0.2, 0) is 0 Å². The summed E-state index contributed by atoms with van der Waals surface area (Å²) in [4.78, 5) is 11.8. The van der Waals surface area contributed by atoms with Crippen LogP contribution in [0, 0.1) is 0 Å². The molecule has 90 valence electrons. The highest BCUT2D eigenvalue weighted by Crippen LogP contribution is 2.30. The summed E-state index contributed by atoms with van der Waals surface area (Å²) in [5.41, 5.74) is 8.72. The van der Waals surface area contributed by atoms with Crippen molar-refractivity contribution in [3.8, 4) is 11.4 Å². The number of nitrogen functional groups attached to an aromatic ring is 1. The molecule has 0 atom stereocenters. The number of aromatic amines is 1. The predicted molar refractivity (Wildman–Crippen MR) is 76.4 cm³/mol. The highest BCUT2D eigenvalue weighted by molar-refractivity contribution is 9.10. The second kappa shape index (κ2) is 4.26. The number of H-pyrrole nitrogens is 1. The average Bonchev–Trinajstić information content (AvgIpc) is 2.75. The summed E-state index contributed by atoms with van der Waals surface area (Å²) in [6, 6.07) is 7.37. The van der Waals surface area contributed by atoms with Crippen LogP contribution in [0.2, 0.25) is 5.02 Å². The van der Waals surface area contributed by atoms with Gasteiger partial charge in [0.2, 0.25) is 0 Å². The van der Waals surface area contributed by atoms with Crippen LogP contribution in [-0.4, -0.2) is 15.0 Å². The summed E-state index contributed by atoms with van der Waals surface area (Å²) >= 11 is 9.37. The van der Waals surface area contributed by atoms with Gasteiger partial charge >= 0.3 is 0 Å². The maximum Gasteiger partial charge on any atom is 0.178 e. The lowest BCUT2D eigenvalue weighted by atomic mass is 10.2. The SMILES string of the molecule is Nc1c(Cl)cccc1-c1nc2ncc(Br)cc2[nH]1. The third-order valence-corrected chi connectivity index (χ3v) is 3.38. The molecule has 0 saturated carbocycles. The van der Waals surface area contributed by atoms with Gasteiger partial charge in [-0.1, -0.05) is 17.7 Å². The van der Waals surface area contributed by atoms with Crippen molar-refractivity contribution in [2.45, 2.75) is 0 Å². The predicted octanol–water partition coefficient (Wildman–Crippen LogP) is 3.62. The molecule has 6 heteroatoms. The average molecular weight is 324 g/mol. The molecule has 2 heterocycles. The van der Waals surface area contributed by atoms with Gasteiger partial charge in [0.25, 0.3) is 0 Å². The summed E-state index contributed by atoms with van der Waals surface area (Å²) in [6.07, 6.45) is 1.70. The normalized spacial score (nSPS) is 11.0. The van der Waals surface area contributed by atoms with Crippen molar-refractivity contribution in [3.05, 3.63) is 40.0 Å². The quantitative estimate of drug-likeness (QED) is 0.672. The molecule has 0 saturated heterocycles. The summed E-state index contributed by atoms with van der Waals surface area (Å²) in [6.45, 7) is 0. The van der Waals surface area contributed by atoms with E-state index in [1.807, 2.05) is 18.2 Å². The van der Waals surface area contributed by atoms with E-state index in [1.54, 1.807) is 12.3 Å². The van der Waals surface area contributed by atoms with Crippen LogP contribution in [0.5, 0.6) is 0 Å². The van der Waals surface area contributed by atoms with Crippen molar-refractivity contribution in [3.63, 3.8) is 0 Å². The number of anilines is 1. The van der Waals surface area contributed by atoms with Gasteiger partial charge in [-0.15, -0.1) is 0 Å². The standard InChI is InChI=1S/C12H8BrClN4/c13-6-4-9-12(16-5-6)18-11(17-9)7-2-1-3-8(14)10(7)15/h1-5H,15H2,(H,16,17,18). The molecule has 0 unspecified atom stereocenters. The number of imidazole rings is 1.